The Bertz CT molecular complexity index is 387. The Hall–Kier alpha value is -0.940. The predicted molar refractivity (Wildman–Crippen MR) is 65.1 cm³/mol. The SMILES string of the molecule is COP(=S)(OC)Oc1ccc(NC=O)cc1. The number of hydrogen-bond donors (Lipinski definition) is 1. The summed E-state index contributed by atoms with van der Waals surface area (Å²) in [7, 11) is 2.87. The van der Waals surface area contributed by atoms with Gasteiger partial charge in [0, 0.05) is 31.7 Å². The van der Waals surface area contributed by atoms with Crippen molar-refractivity contribution in [2.75, 3.05) is 19.5 Å². The summed E-state index contributed by atoms with van der Waals surface area (Å²) in [5, 5.41) is 2.51. The molecule has 0 aliphatic rings. The second-order valence-electron chi connectivity index (χ2n) is 2.69. The molecule has 0 aliphatic carbocycles. The largest absolute Gasteiger partial charge is 0.424 e. The molecule has 1 aromatic carbocycles. The lowest BCUT2D eigenvalue weighted by Crippen LogP contribution is -1.97. The van der Waals surface area contributed by atoms with Crippen LogP contribution in [0.25, 0.3) is 0 Å². The number of nitrogens with one attached hydrogen (secondary N) is 1. The third kappa shape index (κ3) is 3.57. The number of rotatable bonds is 6. The highest BCUT2D eigenvalue weighted by atomic mass is 32.5. The van der Waals surface area contributed by atoms with Crippen LogP contribution in [0.2, 0.25) is 0 Å². The first-order chi connectivity index (χ1) is 7.63. The third-order valence-electron chi connectivity index (χ3n) is 1.74. The molecule has 0 aliphatic heterocycles. The van der Waals surface area contributed by atoms with Gasteiger partial charge in [-0.25, -0.2) is 0 Å². The van der Waals surface area contributed by atoms with E-state index in [0.29, 0.717) is 17.8 Å². The molecule has 7 heteroatoms. The topological polar surface area (TPSA) is 56.8 Å². The molecule has 5 nitrogen and oxygen atoms in total. The van der Waals surface area contributed by atoms with Crippen LogP contribution in [0.3, 0.4) is 0 Å². The molecule has 0 unspecified atom stereocenters. The van der Waals surface area contributed by atoms with E-state index in [1.54, 1.807) is 24.3 Å². The molecular weight excluding hydrogens is 249 g/mol. The molecule has 88 valence electrons. The van der Waals surface area contributed by atoms with Gasteiger partial charge >= 0.3 is 6.72 Å². The number of hydrogen-bond acceptors (Lipinski definition) is 5. The van der Waals surface area contributed by atoms with Crippen molar-refractivity contribution in [2.45, 2.75) is 0 Å². The minimum Gasteiger partial charge on any atom is -0.424 e. The van der Waals surface area contributed by atoms with Crippen LogP contribution in [-0.4, -0.2) is 20.6 Å². The van der Waals surface area contributed by atoms with Crippen LogP contribution in [0.5, 0.6) is 5.75 Å². The summed E-state index contributed by atoms with van der Waals surface area (Å²) in [6.45, 7) is -2.69. The Morgan fingerprint density at radius 2 is 1.81 bits per heavy atom. The Kier molecular flexibility index (Phi) is 4.89. The van der Waals surface area contributed by atoms with E-state index in [4.69, 9.17) is 25.4 Å². The first-order valence-corrected chi connectivity index (χ1v) is 6.90. The van der Waals surface area contributed by atoms with Gasteiger partial charge in [0.1, 0.15) is 5.75 Å². The molecule has 1 N–H and O–H groups in total. The summed E-state index contributed by atoms with van der Waals surface area (Å²) in [5.41, 5.74) is 0.672. The first kappa shape index (κ1) is 13.1. The highest BCUT2D eigenvalue weighted by Gasteiger charge is 2.17. The van der Waals surface area contributed by atoms with Crippen molar-refractivity contribution in [1.82, 2.24) is 0 Å². The number of amides is 1. The zero-order valence-electron chi connectivity index (χ0n) is 8.88. The summed E-state index contributed by atoms with van der Waals surface area (Å²) in [5.74, 6) is 0.531. The van der Waals surface area contributed by atoms with Crippen molar-refractivity contribution in [2.24, 2.45) is 0 Å². The standard InChI is InChI=1S/C9H12NO4PS/c1-12-15(16,13-2)14-9-5-3-8(4-6-9)10-7-11/h3-7H,1-2H3,(H,10,11). The maximum Gasteiger partial charge on any atom is 0.380 e. The fourth-order valence-electron chi connectivity index (χ4n) is 0.958. The molecule has 0 saturated carbocycles. The highest BCUT2D eigenvalue weighted by Crippen LogP contribution is 2.48. The maximum atomic E-state index is 10.2. The summed E-state index contributed by atoms with van der Waals surface area (Å²) in [6.07, 6.45) is 0.602. The molecule has 0 heterocycles. The van der Waals surface area contributed by atoms with Gasteiger partial charge < -0.3 is 18.9 Å². The molecule has 0 radical (unpaired) electrons. The molecule has 0 fully saturated rings. The lowest BCUT2D eigenvalue weighted by Gasteiger charge is -2.18. The van der Waals surface area contributed by atoms with E-state index < -0.39 is 6.72 Å². The predicted octanol–water partition coefficient (Wildman–Crippen LogP) is 2.15. The molecular formula is C9H12NO4PS. The minimum absolute atomic E-state index is 0.531. The van der Waals surface area contributed by atoms with Crippen molar-refractivity contribution >= 4 is 30.6 Å². The van der Waals surface area contributed by atoms with Crippen LogP contribution >= 0.6 is 6.72 Å². The fourth-order valence-corrected chi connectivity index (χ4v) is 1.89. The minimum atomic E-state index is -2.69. The van der Waals surface area contributed by atoms with Gasteiger partial charge in [-0.05, 0) is 24.3 Å². The Morgan fingerprint density at radius 3 is 2.25 bits per heavy atom. The molecule has 16 heavy (non-hydrogen) atoms. The maximum absolute atomic E-state index is 10.2. The van der Waals surface area contributed by atoms with Crippen LogP contribution in [-0.2, 0) is 25.6 Å². The van der Waals surface area contributed by atoms with Gasteiger partial charge in [-0.1, -0.05) is 0 Å². The Balaban J connectivity index is 2.75. The van der Waals surface area contributed by atoms with E-state index in [0.717, 1.165) is 0 Å². The normalized spacial score (nSPS) is 10.9. The van der Waals surface area contributed by atoms with Gasteiger partial charge in [-0.2, -0.15) is 0 Å². The van der Waals surface area contributed by atoms with Crippen molar-refractivity contribution in [3.63, 3.8) is 0 Å². The van der Waals surface area contributed by atoms with Crippen molar-refractivity contribution in [1.29, 1.82) is 0 Å². The van der Waals surface area contributed by atoms with Gasteiger partial charge in [0.2, 0.25) is 6.41 Å². The quantitative estimate of drug-likeness (QED) is 0.628. The molecule has 1 amide bonds. The molecule has 0 bridgehead atoms. The summed E-state index contributed by atoms with van der Waals surface area (Å²) < 4.78 is 15.4. The van der Waals surface area contributed by atoms with Gasteiger partial charge in [0.15, 0.2) is 0 Å². The second-order valence-corrected chi connectivity index (χ2v) is 5.84. The van der Waals surface area contributed by atoms with Crippen LogP contribution in [0.4, 0.5) is 5.69 Å². The monoisotopic (exact) mass is 261 g/mol. The molecule has 1 aromatic rings. The number of carbonyl (C=O) groups excluding carboxylic acids is 1. The first-order valence-electron chi connectivity index (χ1n) is 4.35. The zero-order chi connectivity index (χ0) is 12.0. The average Bonchev–Trinajstić information content (AvgIpc) is 2.32. The van der Waals surface area contributed by atoms with Gasteiger partial charge in [-0.15, -0.1) is 0 Å². The zero-order valence-corrected chi connectivity index (χ0v) is 10.6. The van der Waals surface area contributed by atoms with Crippen molar-refractivity contribution < 1.29 is 18.4 Å². The molecule has 0 aromatic heterocycles. The van der Waals surface area contributed by atoms with E-state index in [1.807, 2.05) is 0 Å². The highest BCUT2D eigenvalue weighted by molar-refractivity contribution is 8.07. The molecule has 0 saturated heterocycles. The van der Waals surface area contributed by atoms with E-state index in [2.05, 4.69) is 5.32 Å². The van der Waals surface area contributed by atoms with Crippen LogP contribution < -0.4 is 9.84 Å². The number of anilines is 1. The second kappa shape index (κ2) is 5.96. The molecule has 0 spiro atoms. The summed E-state index contributed by atoms with van der Waals surface area (Å²) in [4.78, 5) is 10.2. The summed E-state index contributed by atoms with van der Waals surface area (Å²) >= 11 is 5.04. The molecule has 1 rings (SSSR count). The lowest BCUT2D eigenvalue weighted by molar-refractivity contribution is -0.105. The van der Waals surface area contributed by atoms with Gasteiger partial charge in [0.05, 0.1) is 0 Å². The van der Waals surface area contributed by atoms with Gasteiger partial charge in [-0.3, -0.25) is 4.79 Å². The van der Waals surface area contributed by atoms with E-state index >= 15 is 0 Å². The van der Waals surface area contributed by atoms with Crippen molar-refractivity contribution in [3.05, 3.63) is 24.3 Å². The number of carbonyl (C=O) groups is 1. The molecule has 0 atom stereocenters. The lowest BCUT2D eigenvalue weighted by atomic mass is 10.3. The summed E-state index contributed by atoms with van der Waals surface area (Å²) in [6, 6.07) is 6.72. The van der Waals surface area contributed by atoms with E-state index in [1.165, 1.54) is 14.2 Å². The van der Waals surface area contributed by atoms with Gasteiger partial charge in [0.25, 0.3) is 0 Å². The Labute approximate surface area is 99.0 Å². The average molecular weight is 261 g/mol. The van der Waals surface area contributed by atoms with Crippen molar-refractivity contribution in [3.8, 4) is 5.75 Å². The van der Waals surface area contributed by atoms with E-state index in [-0.39, 0.29) is 0 Å². The van der Waals surface area contributed by atoms with Crippen LogP contribution in [0.15, 0.2) is 24.3 Å². The smallest absolute Gasteiger partial charge is 0.380 e. The fraction of sp³-hybridized carbons (Fsp3) is 0.222. The third-order valence-corrected chi connectivity index (χ3v) is 4.19. The van der Waals surface area contributed by atoms with E-state index in [9.17, 15) is 4.79 Å². The van der Waals surface area contributed by atoms with Crippen LogP contribution in [0, 0.1) is 0 Å². The number of benzene rings is 1. The Morgan fingerprint density at radius 1 is 1.25 bits per heavy atom. The van der Waals surface area contributed by atoms with Crippen LogP contribution in [0.1, 0.15) is 0 Å².